The van der Waals surface area contributed by atoms with Crippen molar-refractivity contribution in [3.8, 4) is 0 Å². The lowest BCUT2D eigenvalue weighted by Crippen LogP contribution is -2.53. The van der Waals surface area contributed by atoms with Gasteiger partial charge in [0.1, 0.15) is 18.2 Å². The van der Waals surface area contributed by atoms with Gasteiger partial charge in [-0.15, -0.1) is 0 Å². The van der Waals surface area contributed by atoms with E-state index in [0.29, 0.717) is 5.92 Å². The Labute approximate surface area is 212 Å². The first-order chi connectivity index (χ1) is 16.0. The Kier molecular flexibility index (Phi) is 11.3. The van der Waals surface area contributed by atoms with Crippen LogP contribution in [0, 0.1) is 5.92 Å². The molecule has 7 heteroatoms. The summed E-state index contributed by atoms with van der Waals surface area (Å²) in [5.74, 6) is -0.121. The van der Waals surface area contributed by atoms with E-state index in [-0.39, 0.29) is 24.4 Å². The molecule has 198 valence electrons. The van der Waals surface area contributed by atoms with Crippen molar-refractivity contribution in [3.05, 3.63) is 35.4 Å². The van der Waals surface area contributed by atoms with E-state index in [1.807, 2.05) is 52.0 Å². The van der Waals surface area contributed by atoms with Crippen molar-refractivity contribution in [1.29, 1.82) is 0 Å². The highest BCUT2D eigenvalue weighted by Crippen LogP contribution is 2.27. The van der Waals surface area contributed by atoms with Crippen LogP contribution in [0.1, 0.15) is 99.2 Å². The van der Waals surface area contributed by atoms with Gasteiger partial charge in [0.15, 0.2) is 0 Å². The molecule has 0 spiro atoms. The lowest BCUT2D eigenvalue weighted by molar-refractivity contribution is -0.143. The fourth-order valence-electron chi connectivity index (χ4n) is 3.72. The van der Waals surface area contributed by atoms with Gasteiger partial charge in [-0.2, -0.15) is 0 Å². The van der Waals surface area contributed by atoms with Crippen molar-refractivity contribution in [2.75, 3.05) is 6.54 Å². The number of rotatable bonds is 10. The minimum atomic E-state index is -0.824. The quantitative estimate of drug-likeness (QED) is 0.462. The van der Waals surface area contributed by atoms with Gasteiger partial charge in [0, 0.05) is 11.6 Å². The third kappa shape index (κ3) is 11.1. The summed E-state index contributed by atoms with van der Waals surface area (Å²) in [4.78, 5) is 41.0. The summed E-state index contributed by atoms with van der Waals surface area (Å²) in [6, 6.07) is 6.78. The number of benzene rings is 1. The van der Waals surface area contributed by atoms with Crippen molar-refractivity contribution in [1.82, 2.24) is 15.5 Å². The van der Waals surface area contributed by atoms with Crippen molar-refractivity contribution >= 4 is 17.9 Å². The normalized spacial score (nSPS) is 13.7. The Hall–Kier alpha value is -2.57. The van der Waals surface area contributed by atoms with Crippen LogP contribution >= 0.6 is 0 Å². The monoisotopic (exact) mass is 489 g/mol. The lowest BCUT2D eigenvalue weighted by atomic mass is 9.96. The van der Waals surface area contributed by atoms with E-state index in [4.69, 9.17) is 4.74 Å². The fourth-order valence-corrected chi connectivity index (χ4v) is 3.72. The Bertz CT molecular complexity index is 835. The van der Waals surface area contributed by atoms with E-state index >= 15 is 0 Å². The smallest absolute Gasteiger partial charge is 0.408 e. The highest BCUT2D eigenvalue weighted by Gasteiger charge is 2.36. The van der Waals surface area contributed by atoms with Crippen LogP contribution in [0.2, 0.25) is 0 Å². The predicted octanol–water partition coefficient (Wildman–Crippen LogP) is 5.38. The number of ether oxygens (including phenoxy) is 1. The topological polar surface area (TPSA) is 87.7 Å². The van der Waals surface area contributed by atoms with Gasteiger partial charge < -0.3 is 20.3 Å². The molecule has 0 radical (unpaired) electrons. The van der Waals surface area contributed by atoms with Crippen molar-refractivity contribution in [2.24, 2.45) is 5.92 Å². The maximum Gasteiger partial charge on any atom is 0.408 e. The number of nitrogens with one attached hydrogen (secondary N) is 2. The van der Waals surface area contributed by atoms with Gasteiger partial charge in [-0.25, -0.2) is 4.79 Å². The lowest BCUT2D eigenvalue weighted by Gasteiger charge is -2.38. The second-order valence-corrected chi connectivity index (χ2v) is 11.7. The summed E-state index contributed by atoms with van der Waals surface area (Å²) in [5, 5.41) is 5.62. The SMILES string of the molecule is CCc1ccc(C(C(=O)NC(C)(C)C)N(C(=O)CNC(=O)OC(C)(C)C)C(C)CCC(C)C)cc1. The summed E-state index contributed by atoms with van der Waals surface area (Å²) in [7, 11) is 0. The standard InChI is InChI=1S/C28H47N3O4/c1-11-21-14-16-22(17-15-21)24(25(33)30-27(5,6)7)31(20(4)13-12-19(2)3)23(32)18-29-26(34)35-28(8,9)10/h14-17,19-20,24H,11-13,18H2,1-10H3,(H,29,34)(H,30,33). The average Bonchev–Trinajstić information content (AvgIpc) is 2.71. The number of amides is 3. The van der Waals surface area contributed by atoms with Crippen LogP contribution in [0.3, 0.4) is 0 Å². The molecule has 3 amide bonds. The molecule has 0 aliphatic carbocycles. The van der Waals surface area contributed by atoms with E-state index < -0.39 is 23.3 Å². The molecule has 0 heterocycles. The van der Waals surface area contributed by atoms with Gasteiger partial charge in [-0.05, 0) is 84.8 Å². The molecule has 1 aromatic carbocycles. The largest absolute Gasteiger partial charge is 0.444 e. The Morgan fingerprint density at radius 2 is 1.51 bits per heavy atom. The number of nitrogens with zero attached hydrogens (tertiary/aromatic N) is 1. The molecule has 0 aromatic heterocycles. The van der Waals surface area contributed by atoms with Crippen molar-refractivity contribution in [2.45, 2.75) is 112 Å². The Morgan fingerprint density at radius 1 is 0.943 bits per heavy atom. The van der Waals surface area contributed by atoms with Crippen LogP contribution < -0.4 is 10.6 Å². The van der Waals surface area contributed by atoms with E-state index in [9.17, 15) is 14.4 Å². The number of alkyl carbamates (subject to hydrolysis) is 1. The maximum absolute atomic E-state index is 13.6. The van der Waals surface area contributed by atoms with Gasteiger partial charge >= 0.3 is 6.09 Å². The highest BCUT2D eigenvalue weighted by molar-refractivity contribution is 5.91. The van der Waals surface area contributed by atoms with Crippen LogP contribution in [0.5, 0.6) is 0 Å². The molecule has 1 rings (SSSR count). The second-order valence-electron chi connectivity index (χ2n) is 11.7. The number of hydrogen-bond donors (Lipinski definition) is 2. The van der Waals surface area contributed by atoms with Gasteiger partial charge in [0.2, 0.25) is 11.8 Å². The van der Waals surface area contributed by atoms with Crippen LogP contribution in [-0.4, -0.2) is 46.5 Å². The molecule has 0 aliphatic heterocycles. The third-order valence-electron chi connectivity index (χ3n) is 5.44. The maximum atomic E-state index is 13.6. The molecule has 0 aliphatic rings. The predicted molar refractivity (Wildman–Crippen MR) is 141 cm³/mol. The Morgan fingerprint density at radius 3 is 1.97 bits per heavy atom. The van der Waals surface area contributed by atoms with E-state index in [2.05, 4.69) is 31.4 Å². The van der Waals surface area contributed by atoms with Gasteiger partial charge in [-0.1, -0.05) is 45.0 Å². The van der Waals surface area contributed by atoms with E-state index in [1.165, 1.54) is 0 Å². The van der Waals surface area contributed by atoms with E-state index in [1.54, 1.807) is 25.7 Å². The molecule has 0 saturated carbocycles. The summed E-state index contributed by atoms with van der Waals surface area (Å²) in [6.07, 6.45) is 1.87. The number of aryl methyl sites for hydroxylation is 1. The summed E-state index contributed by atoms with van der Waals surface area (Å²) in [6.45, 7) is 19.1. The zero-order chi connectivity index (χ0) is 27.0. The number of hydrogen-bond acceptors (Lipinski definition) is 4. The van der Waals surface area contributed by atoms with Crippen molar-refractivity contribution < 1.29 is 19.1 Å². The number of carbonyl (C=O) groups excluding carboxylic acids is 3. The van der Waals surface area contributed by atoms with Crippen LogP contribution in [-0.2, 0) is 20.7 Å². The first-order valence-electron chi connectivity index (χ1n) is 12.7. The first kappa shape index (κ1) is 30.5. The molecule has 2 atom stereocenters. The van der Waals surface area contributed by atoms with Gasteiger partial charge in [0.25, 0.3) is 0 Å². The first-order valence-corrected chi connectivity index (χ1v) is 12.7. The summed E-state index contributed by atoms with van der Waals surface area (Å²) in [5.41, 5.74) is 0.753. The second kappa shape index (κ2) is 12.9. The molecule has 0 fully saturated rings. The summed E-state index contributed by atoms with van der Waals surface area (Å²) >= 11 is 0. The molecule has 1 aromatic rings. The molecule has 0 bridgehead atoms. The third-order valence-corrected chi connectivity index (χ3v) is 5.44. The fraction of sp³-hybridized carbons (Fsp3) is 0.679. The minimum absolute atomic E-state index is 0.216. The molecule has 7 nitrogen and oxygen atoms in total. The minimum Gasteiger partial charge on any atom is -0.444 e. The van der Waals surface area contributed by atoms with Gasteiger partial charge in [-0.3, -0.25) is 9.59 Å². The molecule has 0 saturated heterocycles. The molecular weight excluding hydrogens is 442 g/mol. The highest BCUT2D eigenvalue weighted by atomic mass is 16.6. The van der Waals surface area contributed by atoms with Crippen molar-refractivity contribution in [3.63, 3.8) is 0 Å². The van der Waals surface area contributed by atoms with E-state index in [0.717, 1.165) is 30.4 Å². The van der Waals surface area contributed by atoms with Gasteiger partial charge in [0.05, 0.1) is 0 Å². The average molecular weight is 490 g/mol. The Balaban J connectivity index is 3.38. The van der Waals surface area contributed by atoms with Crippen LogP contribution in [0.4, 0.5) is 4.79 Å². The van der Waals surface area contributed by atoms with Crippen LogP contribution in [0.25, 0.3) is 0 Å². The zero-order valence-corrected chi connectivity index (χ0v) is 23.5. The molecule has 2 N–H and O–H groups in total. The molecular formula is C28H47N3O4. The summed E-state index contributed by atoms with van der Waals surface area (Å²) < 4.78 is 5.29. The zero-order valence-electron chi connectivity index (χ0n) is 23.5. The molecule has 2 unspecified atom stereocenters. The molecule has 35 heavy (non-hydrogen) atoms. The van der Waals surface area contributed by atoms with Crippen LogP contribution in [0.15, 0.2) is 24.3 Å². The number of carbonyl (C=O) groups is 3.